The molecule has 0 saturated carbocycles. The molecule has 1 aromatic heterocycles. The third-order valence-electron chi connectivity index (χ3n) is 7.09. The van der Waals surface area contributed by atoms with E-state index in [9.17, 15) is 0 Å². The lowest BCUT2D eigenvalue weighted by atomic mass is 9.75. The fourth-order valence-electron chi connectivity index (χ4n) is 5.27. The van der Waals surface area contributed by atoms with E-state index in [2.05, 4.69) is 110 Å². The molecular weight excluding hydrogens is 390 g/mol. The van der Waals surface area contributed by atoms with Gasteiger partial charge in [0.05, 0.1) is 5.56 Å². The SMILES string of the molecule is CCCc1cccc(-c2ccccc2)c1-[n+]1c(C)nn2c1-c1ccccc1C(C)(CC)C2. The van der Waals surface area contributed by atoms with Crippen molar-refractivity contribution in [3.8, 4) is 28.2 Å². The topological polar surface area (TPSA) is 21.7 Å². The van der Waals surface area contributed by atoms with Crippen LogP contribution in [0, 0.1) is 6.92 Å². The standard InChI is InChI=1S/C29H32N3/c1-5-13-23-16-12-18-24(22-14-8-7-9-15-22)27(23)32-21(3)30-31-20-29(4,6-2)26-19-11-10-17-25(26)28(31)32/h7-12,14-19H,5-6,13,20H2,1-4H3/q+1. The summed E-state index contributed by atoms with van der Waals surface area (Å²) in [7, 11) is 0. The Bertz CT molecular complexity index is 1270. The van der Waals surface area contributed by atoms with Gasteiger partial charge in [-0.2, -0.15) is 4.57 Å². The van der Waals surface area contributed by atoms with Gasteiger partial charge in [0, 0.05) is 23.0 Å². The molecule has 0 fully saturated rings. The monoisotopic (exact) mass is 422 g/mol. The second-order valence-electron chi connectivity index (χ2n) is 9.25. The minimum absolute atomic E-state index is 0.0884. The molecular formula is C29H32N3+. The highest BCUT2D eigenvalue weighted by Crippen LogP contribution is 2.41. The third-order valence-corrected chi connectivity index (χ3v) is 7.09. The molecule has 0 spiro atoms. The summed E-state index contributed by atoms with van der Waals surface area (Å²) in [6, 6.07) is 26.4. The second-order valence-corrected chi connectivity index (χ2v) is 9.25. The van der Waals surface area contributed by atoms with Crippen molar-refractivity contribution < 1.29 is 4.57 Å². The van der Waals surface area contributed by atoms with E-state index in [4.69, 9.17) is 5.10 Å². The van der Waals surface area contributed by atoms with Gasteiger partial charge in [-0.1, -0.05) is 93.9 Å². The highest BCUT2D eigenvalue weighted by molar-refractivity contribution is 5.73. The van der Waals surface area contributed by atoms with Crippen molar-refractivity contribution in [3.05, 3.63) is 89.7 Å². The van der Waals surface area contributed by atoms with Crippen molar-refractivity contribution in [3.63, 3.8) is 0 Å². The predicted molar refractivity (Wildman–Crippen MR) is 131 cm³/mol. The van der Waals surface area contributed by atoms with E-state index in [1.165, 1.54) is 39.3 Å². The zero-order valence-corrected chi connectivity index (χ0v) is 19.6. The van der Waals surface area contributed by atoms with Gasteiger partial charge in [0.1, 0.15) is 12.2 Å². The lowest BCUT2D eigenvalue weighted by Gasteiger charge is -2.32. The molecule has 2 heterocycles. The zero-order valence-electron chi connectivity index (χ0n) is 19.6. The Labute approximate surface area is 191 Å². The Balaban J connectivity index is 1.84. The number of rotatable bonds is 5. The minimum atomic E-state index is 0.0884. The molecule has 5 rings (SSSR count). The molecule has 0 aliphatic carbocycles. The molecule has 3 heteroatoms. The third kappa shape index (κ3) is 3.19. The van der Waals surface area contributed by atoms with Crippen LogP contribution in [0.1, 0.15) is 50.6 Å². The highest BCUT2D eigenvalue weighted by Gasteiger charge is 2.42. The van der Waals surface area contributed by atoms with Gasteiger partial charge in [0.25, 0.3) is 11.6 Å². The largest absolute Gasteiger partial charge is 0.279 e. The Kier molecular flexibility index (Phi) is 5.21. The molecule has 0 bridgehead atoms. The van der Waals surface area contributed by atoms with Crippen LogP contribution in [-0.4, -0.2) is 9.78 Å². The molecule has 32 heavy (non-hydrogen) atoms. The van der Waals surface area contributed by atoms with Gasteiger partial charge in [0.15, 0.2) is 0 Å². The molecule has 1 atom stereocenters. The Hall–Kier alpha value is -3.20. The molecule has 0 amide bonds. The number of aromatic nitrogens is 3. The Morgan fingerprint density at radius 2 is 1.62 bits per heavy atom. The molecule has 3 nitrogen and oxygen atoms in total. The fraction of sp³-hybridized carbons (Fsp3) is 0.310. The number of fused-ring (bicyclic) bond motifs is 3. The number of hydrogen-bond donors (Lipinski definition) is 0. The van der Waals surface area contributed by atoms with Crippen molar-refractivity contribution in [1.29, 1.82) is 0 Å². The first-order valence-corrected chi connectivity index (χ1v) is 11.8. The van der Waals surface area contributed by atoms with E-state index in [1.54, 1.807) is 0 Å². The molecule has 1 unspecified atom stereocenters. The normalized spacial score (nSPS) is 17.1. The van der Waals surface area contributed by atoms with Gasteiger partial charge in [-0.25, -0.2) is 0 Å². The molecule has 4 aromatic rings. The van der Waals surface area contributed by atoms with Crippen LogP contribution in [0.2, 0.25) is 0 Å². The number of hydrogen-bond acceptors (Lipinski definition) is 1. The first-order chi connectivity index (χ1) is 15.6. The van der Waals surface area contributed by atoms with E-state index in [-0.39, 0.29) is 5.41 Å². The summed E-state index contributed by atoms with van der Waals surface area (Å²) in [6.07, 6.45) is 3.24. The summed E-state index contributed by atoms with van der Waals surface area (Å²) in [4.78, 5) is 0. The van der Waals surface area contributed by atoms with Crippen LogP contribution in [0.3, 0.4) is 0 Å². The van der Waals surface area contributed by atoms with E-state index in [0.29, 0.717) is 0 Å². The highest BCUT2D eigenvalue weighted by atomic mass is 15.4. The zero-order chi connectivity index (χ0) is 22.3. The van der Waals surface area contributed by atoms with Gasteiger partial charge >= 0.3 is 0 Å². The van der Waals surface area contributed by atoms with Gasteiger partial charge in [-0.05, 0) is 35.6 Å². The summed E-state index contributed by atoms with van der Waals surface area (Å²) in [5.74, 6) is 2.24. The Morgan fingerprint density at radius 1 is 0.906 bits per heavy atom. The lowest BCUT2D eigenvalue weighted by molar-refractivity contribution is -0.591. The maximum Gasteiger partial charge on any atom is 0.279 e. The molecule has 3 aromatic carbocycles. The number of nitrogens with zero attached hydrogens (tertiary/aromatic N) is 3. The van der Waals surface area contributed by atoms with Gasteiger partial charge < -0.3 is 0 Å². The molecule has 1 aliphatic rings. The van der Waals surface area contributed by atoms with Crippen molar-refractivity contribution >= 4 is 0 Å². The average Bonchev–Trinajstić information content (AvgIpc) is 3.15. The van der Waals surface area contributed by atoms with Crippen molar-refractivity contribution in [2.75, 3.05) is 0 Å². The van der Waals surface area contributed by atoms with Crippen molar-refractivity contribution in [2.24, 2.45) is 0 Å². The van der Waals surface area contributed by atoms with E-state index in [1.807, 2.05) is 0 Å². The second kappa shape index (κ2) is 8.05. The molecule has 162 valence electrons. The Morgan fingerprint density at radius 3 is 2.38 bits per heavy atom. The van der Waals surface area contributed by atoms with Crippen molar-refractivity contribution in [1.82, 2.24) is 9.78 Å². The van der Waals surface area contributed by atoms with E-state index < -0.39 is 0 Å². The lowest BCUT2D eigenvalue weighted by Crippen LogP contribution is -2.41. The summed E-state index contributed by atoms with van der Waals surface area (Å²) in [5.41, 5.74) is 7.97. The van der Waals surface area contributed by atoms with E-state index >= 15 is 0 Å². The van der Waals surface area contributed by atoms with Crippen LogP contribution in [-0.2, 0) is 18.4 Å². The van der Waals surface area contributed by atoms with Gasteiger partial charge in [0.2, 0.25) is 0 Å². The van der Waals surface area contributed by atoms with Crippen LogP contribution in [0.15, 0.2) is 72.8 Å². The molecule has 0 N–H and O–H groups in total. The maximum atomic E-state index is 5.09. The molecule has 0 radical (unpaired) electrons. The average molecular weight is 423 g/mol. The van der Waals surface area contributed by atoms with Crippen LogP contribution in [0.25, 0.3) is 28.2 Å². The van der Waals surface area contributed by atoms with Gasteiger partial charge in [-0.15, -0.1) is 4.68 Å². The molecule has 0 saturated heterocycles. The first kappa shape index (κ1) is 20.7. The maximum absolute atomic E-state index is 5.09. The van der Waals surface area contributed by atoms with Crippen molar-refractivity contribution in [2.45, 2.75) is 58.9 Å². The fourth-order valence-corrected chi connectivity index (χ4v) is 5.27. The quantitative estimate of drug-likeness (QED) is 0.339. The summed E-state index contributed by atoms with van der Waals surface area (Å²) < 4.78 is 4.67. The number of benzene rings is 3. The smallest absolute Gasteiger partial charge is 0.193 e. The number of aryl methyl sites for hydroxylation is 2. The van der Waals surface area contributed by atoms with Crippen LogP contribution in [0.4, 0.5) is 0 Å². The summed E-state index contributed by atoms with van der Waals surface area (Å²) >= 11 is 0. The van der Waals surface area contributed by atoms with Gasteiger partial charge in [-0.3, -0.25) is 0 Å². The first-order valence-electron chi connectivity index (χ1n) is 11.8. The van der Waals surface area contributed by atoms with Crippen LogP contribution >= 0.6 is 0 Å². The summed E-state index contributed by atoms with van der Waals surface area (Å²) in [6.45, 7) is 9.97. The van der Waals surface area contributed by atoms with E-state index in [0.717, 1.165) is 31.6 Å². The predicted octanol–water partition coefficient (Wildman–Crippen LogP) is 6.44. The molecule has 1 aliphatic heterocycles. The minimum Gasteiger partial charge on any atom is -0.193 e. The van der Waals surface area contributed by atoms with Crippen LogP contribution < -0.4 is 4.57 Å². The van der Waals surface area contributed by atoms with Crippen LogP contribution in [0.5, 0.6) is 0 Å². The summed E-state index contributed by atoms with van der Waals surface area (Å²) in [5, 5.41) is 5.09. The number of para-hydroxylation sites is 1.